The first-order valence-electron chi connectivity index (χ1n) is 10.4. The molecule has 3 rings (SSSR count). The lowest BCUT2D eigenvalue weighted by Crippen LogP contribution is -2.37. The summed E-state index contributed by atoms with van der Waals surface area (Å²) in [6.07, 6.45) is -5.78. The van der Waals surface area contributed by atoms with Gasteiger partial charge in [-0.05, 0) is 50.5 Å². The number of esters is 1. The summed E-state index contributed by atoms with van der Waals surface area (Å²) in [5.74, 6) is -3.02. The highest BCUT2D eigenvalue weighted by molar-refractivity contribution is 5.83. The van der Waals surface area contributed by atoms with Crippen molar-refractivity contribution in [2.24, 2.45) is 0 Å². The molecule has 0 fully saturated rings. The lowest BCUT2D eigenvalue weighted by molar-refractivity contribution is -0.158. The summed E-state index contributed by atoms with van der Waals surface area (Å²) in [4.78, 5) is 33.6. The molecule has 0 aliphatic carbocycles. The highest BCUT2D eigenvalue weighted by atomic mass is 19.4. The Balaban J connectivity index is 1.62. The number of amides is 1. The highest BCUT2D eigenvalue weighted by Gasteiger charge is 2.37. The lowest BCUT2D eigenvalue weighted by Gasteiger charge is -2.21. The lowest BCUT2D eigenvalue weighted by atomic mass is 10.1. The van der Waals surface area contributed by atoms with Crippen molar-refractivity contribution in [3.05, 3.63) is 58.4 Å². The third kappa shape index (κ3) is 5.67. The van der Waals surface area contributed by atoms with Crippen molar-refractivity contribution in [3.8, 4) is 0 Å². The average molecular weight is 481 g/mol. The number of hydrogen-bond acceptors (Lipinski definition) is 6. The molecule has 12 heteroatoms. The minimum Gasteiger partial charge on any atom is -0.453 e. The van der Waals surface area contributed by atoms with Crippen LogP contribution >= 0.6 is 0 Å². The van der Waals surface area contributed by atoms with E-state index in [4.69, 9.17) is 4.74 Å². The van der Waals surface area contributed by atoms with E-state index in [9.17, 15) is 27.2 Å². The molecule has 1 aromatic carbocycles. The molecule has 0 bridgehead atoms. The van der Waals surface area contributed by atoms with Gasteiger partial charge in [-0.25, -0.2) is 13.9 Å². The topological polar surface area (TPSA) is 89.7 Å². The summed E-state index contributed by atoms with van der Waals surface area (Å²) in [7, 11) is 1.51. The number of carbonyl (C=O) groups is 2. The van der Waals surface area contributed by atoms with E-state index in [1.54, 1.807) is 19.9 Å². The number of likely N-dealkylation sites (N-methyl/N-ethyl adjacent to an activating group) is 1. The van der Waals surface area contributed by atoms with E-state index in [1.165, 1.54) is 37.1 Å². The molecule has 0 aliphatic rings. The Kier molecular flexibility index (Phi) is 7.18. The van der Waals surface area contributed by atoms with Gasteiger partial charge in [-0.2, -0.15) is 18.2 Å². The Morgan fingerprint density at radius 1 is 1.21 bits per heavy atom. The minimum atomic E-state index is -4.71. The standard InChI is InChI=1S/C22H23F4N5O3/c1-12-17(13(2)31-21(27-12)28-20(29-31)22(24,25)26)8-9-18(32)34-14(3)19(33)30(4)11-15-6-5-7-16(23)10-15/h5-7,10,14H,8-9,11H2,1-4H3. The van der Waals surface area contributed by atoms with E-state index in [0.29, 0.717) is 22.5 Å². The highest BCUT2D eigenvalue weighted by Crippen LogP contribution is 2.27. The molecule has 3 aromatic rings. The first-order chi connectivity index (χ1) is 15.9. The van der Waals surface area contributed by atoms with Gasteiger partial charge >= 0.3 is 12.1 Å². The van der Waals surface area contributed by atoms with E-state index in [-0.39, 0.29) is 25.2 Å². The molecule has 182 valence electrons. The van der Waals surface area contributed by atoms with Gasteiger partial charge in [0.15, 0.2) is 6.10 Å². The van der Waals surface area contributed by atoms with Crippen molar-refractivity contribution in [2.75, 3.05) is 7.05 Å². The molecular formula is C22H23F4N5O3. The number of alkyl halides is 3. The largest absolute Gasteiger partial charge is 0.453 e. The third-order valence-electron chi connectivity index (χ3n) is 5.22. The number of aryl methyl sites for hydroxylation is 2. The number of halogens is 4. The van der Waals surface area contributed by atoms with Gasteiger partial charge in [0, 0.05) is 31.4 Å². The summed E-state index contributed by atoms with van der Waals surface area (Å²) >= 11 is 0. The van der Waals surface area contributed by atoms with Crippen LogP contribution in [-0.2, 0) is 33.5 Å². The van der Waals surface area contributed by atoms with Crippen LogP contribution in [0.3, 0.4) is 0 Å². The molecule has 0 radical (unpaired) electrons. The van der Waals surface area contributed by atoms with E-state index in [0.717, 1.165) is 4.52 Å². The number of aromatic nitrogens is 4. The Morgan fingerprint density at radius 2 is 1.91 bits per heavy atom. The van der Waals surface area contributed by atoms with Gasteiger partial charge in [-0.15, -0.1) is 5.10 Å². The van der Waals surface area contributed by atoms with Crippen LogP contribution < -0.4 is 0 Å². The average Bonchev–Trinajstić information content (AvgIpc) is 3.17. The number of hydrogen-bond donors (Lipinski definition) is 0. The molecule has 1 amide bonds. The van der Waals surface area contributed by atoms with Crippen LogP contribution in [0, 0.1) is 19.7 Å². The molecule has 0 saturated heterocycles. The van der Waals surface area contributed by atoms with Crippen LogP contribution in [0.15, 0.2) is 24.3 Å². The second-order valence-electron chi connectivity index (χ2n) is 7.86. The molecule has 0 N–H and O–H groups in total. The summed E-state index contributed by atoms with van der Waals surface area (Å²) in [5.41, 5.74) is 1.91. The first-order valence-corrected chi connectivity index (χ1v) is 10.4. The molecule has 0 spiro atoms. The van der Waals surface area contributed by atoms with Crippen molar-refractivity contribution in [1.29, 1.82) is 0 Å². The van der Waals surface area contributed by atoms with Gasteiger partial charge in [0.25, 0.3) is 17.5 Å². The maximum absolute atomic E-state index is 13.3. The van der Waals surface area contributed by atoms with Gasteiger partial charge in [-0.1, -0.05) is 12.1 Å². The first kappa shape index (κ1) is 25.1. The smallest absolute Gasteiger partial charge is 0.453 e. The zero-order valence-corrected chi connectivity index (χ0v) is 19.0. The van der Waals surface area contributed by atoms with Gasteiger partial charge in [0.1, 0.15) is 5.82 Å². The van der Waals surface area contributed by atoms with E-state index in [2.05, 4.69) is 15.1 Å². The van der Waals surface area contributed by atoms with Crippen LogP contribution in [0.25, 0.3) is 5.78 Å². The van der Waals surface area contributed by atoms with Crippen molar-refractivity contribution < 1.29 is 31.9 Å². The molecule has 0 aliphatic heterocycles. The number of carbonyl (C=O) groups excluding carboxylic acids is 2. The summed E-state index contributed by atoms with van der Waals surface area (Å²) in [6, 6.07) is 5.81. The van der Waals surface area contributed by atoms with Gasteiger partial charge in [0.05, 0.1) is 0 Å². The summed E-state index contributed by atoms with van der Waals surface area (Å²) in [5, 5.41) is 3.47. The van der Waals surface area contributed by atoms with Crippen LogP contribution in [0.2, 0.25) is 0 Å². The van der Waals surface area contributed by atoms with Crippen LogP contribution in [-0.4, -0.2) is 49.5 Å². The van der Waals surface area contributed by atoms with Crippen LogP contribution in [0.1, 0.15) is 41.7 Å². The number of benzene rings is 1. The van der Waals surface area contributed by atoms with Crippen molar-refractivity contribution in [1.82, 2.24) is 24.5 Å². The maximum Gasteiger partial charge on any atom is 0.453 e. The molecule has 0 saturated carbocycles. The normalized spacial score (nSPS) is 12.6. The number of rotatable bonds is 7. The summed E-state index contributed by atoms with van der Waals surface area (Å²) < 4.78 is 58.3. The minimum absolute atomic E-state index is 0.124. The second kappa shape index (κ2) is 9.74. The van der Waals surface area contributed by atoms with Gasteiger partial charge < -0.3 is 9.64 Å². The number of nitrogens with zero attached hydrogens (tertiary/aromatic N) is 5. The third-order valence-corrected chi connectivity index (χ3v) is 5.22. The predicted octanol–water partition coefficient (Wildman–Crippen LogP) is 3.42. The Morgan fingerprint density at radius 3 is 2.56 bits per heavy atom. The predicted molar refractivity (Wildman–Crippen MR) is 112 cm³/mol. The number of fused-ring (bicyclic) bond motifs is 1. The SMILES string of the molecule is Cc1nc2nc(C(F)(F)F)nn2c(C)c1CCC(=O)OC(C)C(=O)N(C)Cc1cccc(F)c1. The Labute approximate surface area is 192 Å². The van der Waals surface area contributed by atoms with E-state index < -0.39 is 35.8 Å². The van der Waals surface area contributed by atoms with Gasteiger partial charge in [-0.3, -0.25) is 9.59 Å². The van der Waals surface area contributed by atoms with Crippen molar-refractivity contribution in [2.45, 2.75) is 52.4 Å². The zero-order valence-electron chi connectivity index (χ0n) is 19.0. The van der Waals surface area contributed by atoms with Gasteiger partial charge in [0.2, 0.25) is 0 Å². The van der Waals surface area contributed by atoms with Crippen LogP contribution in [0.4, 0.5) is 17.6 Å². The molecule has 8 nitrogen and oxygen atoms in total. The Hall–Kier alpha value is -3.57. The summed E-state index contributed by atoms with van der Waals surface area (Å²) in [6.45, 7) is 4.73. The zero-order chi connectivity index (χ0) is 25.2. The fourth-order valence-electron chi connectivity index (χ4n) is 3.52. The molecule has 2 heterocycles. The molecule has 1 atom stereocenters. The number of ether oxygens (including phenoxy) is 1. The van der Waals surface area contributed by atoms with Crippen LogP contribution in [0.5, 0.6) is 0 Å². The van der Waals surface area contributed by atoms with E-state index >= 15 is 0 Å². The monoisotopic (exact) mass is 481 g/mol. The fraction of sp³-hybridized carbons (Fsp3) is 0.409. The molecule has 1 unspecified atom stereocenters. The van der Waals surface area contributed by atoms with Crippen molar-refractivity contribution >= 4 is 17.7 Å². The molecule has 34 heavy (non-hydrogen) atoms. The molecular weight excluding hydrogens is 458 g/mol. The van der Waals surface area contributed by atoms with Crippen molar-refractivity contribution in [3.63, 3.8) is 0 Å². The fourth-order valence-corrected chi connectivity index (χ4v) is 3.52. The Bertz CT molecular complexity index is 1230. The maximum atomic E-state index is 13.3. The quantitative estimate of drug-likeness (QED) is 0.380. The van der Waals surface area contributed by atoms with E-state index in [1.807, 2.05) is 0 Å². The molecule has 2 aromatic heterocycles. The second-order valence-corrected chi connectivity index (χ2v) is 7.86.